The number of hydrogen-bond donors (Lipinski definition) is 2. The number of carbonyl (C=O) groups is 1. The van der Waals surface area contributed by atoms with Gasteiger partial charge in [-0.2, -0.15) is 0 Å². The molecule has 7 heteroatoms. The molecule has 1 saturated heterocycles. The van der Waals surface area contributed by atoms with Crippen LogP contribution in [0.15, 0.2) is 12.4 Å². The fraction of sp³-hybridized carbons (Fsp3) is 0.688. The van der Waals surface area contributed by atoms with E-state index in [-0.39, 0.29) is 17.9 Å². The van der Waals surface area contributed by atoms with Gasteiger partial charge in [0.25, 0.3) is 5.91 Å². The number of anilines is 1. The number of rotatable bonds is 7. The molecule has 0 spiro atoms. The number of ether oxygens (including phenoxy) is 1. The number of piperidine rings is 1. The summed E-state index contributed by atoms with van der Waals surface area (Å²) in [6.45, 7) is 2.04. The lowest BCUT2D eigenvalue weighted by atomic mass is 9.77. The zero-order chi connectivity index (χ0) is 16.7. The topological polar surface area (TPSA) is 87.6 Å². The third kappa shape index (κ3) is 4.39. The maximum Gasteiger partial charge on any atom is 0.257 e. The Morgan fingerprint density at radius 3 is 2.83 bits per heavy atom. The molecule has 0 saturated carbocycles. The van der Waals surface area contributed by atoms with Crippen molar-refractivity contribution in [1.82, 2.24) is 14.9 Å². The van der Waals surface area contributed by atoms with Crippen molar-refractivity contribution < 1.29 is 14.6 Å². The highest BCUT2D eigenvalue weighted by Gasteiger charge is 2.36. The van der Waals surface area contributed by atoms with Gasteiger partial charge < -0.3 is 20.1 Å². The van der Waals surface area contributed by atoms with Crippen molar-refractivity contribution in [3.63, 3.8) is 0 Å². The van der Waals surface area contributed by atoms with Crippen LogP contribution < -0.4 is 5.32 Å². The second-order valence-corrected chi connectivity index (χ2v) is 6.13. The average molecular weight is 322 g/mol. The van der Waals surface area contributed by atoms with Crippen molar-refractivity contribution in [3.05, 3.63) is 18.0 Å². The van der Waals surface area contributed by atoms with Crippen LogP contribution in [0, 0.1) is 5.41 Å². The van der Waals surface area contributed by atoms with E-state index in [1.165, 1.54) is 0 Å². The minimum Gasteiger partial charge on any atom is -0.396 e. The predicted octanol–water partition coefficient (Wildman–Crippen LogP) is 1.16. The second kappa shape index (κ2) is 8.21. The summed E-state index contributed by atoms with van der Waals surface area (Å²) in [5.41, 5.74) is 0.257. The van der Waals surface area contributed by atoms with Gasteiger partial charge in [0.1, 0.15) is 0 Å². The fourth-order valence-electron chi connectivity index (χ4n) is 3.14. The van der Waals surface area contributed by atoms with Crippen LogP contribution in [0.3, 0.4) is 0 Å². The number of nitrogens with zero attached hydrogens (tertiary/aromatic N) is 3. The standard InChI is InChI=1S/C16H26N4O3/c1-17-15-18-9-13(10-19-15)14(22)20-7-3-5-16(11-20,12-21)6-4-8-23-2/h9-10,21H,3-8,11-12H2,1-2H3,(H,17,18,19)/t16-/m0/s1. The molecule has 128 valence electrons. The van der Waals surface area contributed by atoms with Crippen LogP contribution in [-0.4, -0.2) is 66.3 Å². The normalized spacial score (nSPS) is 21.3. The molecular weight excluding hydrogens is 296 g/mol. The molecule has 0 unspecified atom stereocenters. The van der Waals surface area contributed by atoms with Crippen LogP contribution in [0.1, 0.15) is 36.0 Å². The summed E-state index contributed by atoms with van der Waals surface area (Å²) >= 11 is 0. The number of hydrogen-bond acceptors (Lipinski definition) is 6. The number of carbonyl (C=O) groups excluding carboxylic acids is 1. The molecule has 2 rings (SSSR count). The van der Waals surface area contributed by atoms with Gasteiger partial charge in [-0.15, -0.1) is 0 Å². The first-order chi connectivity index (χ1) is 11.1. The van der Waals surface area contributed by atoms with Crippen molar-refractivity contribution in [3.8, 4) is 0 Å². The largest absolute Gasteiger partial charge is 0.396 e. The number of aromatic nitrogens is 2. The maximum absolute atomic E-state index is 12.7. The molecule has 0 bridgehead atoms. The molecule has 1 aliphatic heterocycles. The van der Waals surface area contributed by atoms with Gasteiger partial charge in [-0.1, -0.05) is 0 Å². The highest BCUT2D eigenvalue weighted by molar-refractivity contribution is 5.93. The van der Waals surface area contributed by atoms with Crippen LogP contribution in [0.5, 0.6) is 0 Å². The van der Waals surface area contributed by atoms with Gasteiger partial charge in [-0.05, 0) is 25.7 Å². The van der Waals surface area contributed by atoms with E-state index in [2.05, 4.69) is 15.3 Å². The van der Waals surface area contributed by atoms with Gasteiger partial charge in [-0.25, -0.2) is 9.97 Å². The summed E-state index contributed by atoms with van der Waals surface area (Å²) in [6, 6.07) is 0. The molecule has 1 fully saturated rings. The summed E-state index contributed by atoms with van der Waals surface area (Å²) in [7, 11) is 3.41. The molecule has 23 heavy (non-hydrogen) atoms. The molecule has 1 aromatic rings. The zero-order valence-corrected chi connectivity index (χ0v) is 13.9. The molecule has 1 aliphatic rings. The molecule has 1 aromatic heterocycles. The summed E-state index contributed by atoms with van der Waals surface area (Å²) in [5.74, 6) is 0.418. The Morgan fingerprint density at radius 1 is 1.48 bits per heavy atom. The summed E-state index contributed by atoms with van der Waals surface area (Å²) < 4.78 is 5.10. The van der Waals surface area contributed by atoms with Crippen molar-refractivity contribution in [1.29, 1.82) is 0 Å². The smallest absolute Gasteiger partial charge is 0.257 e. The van der Waals surface area contributed by atoms with E-state index >= 15 is 0 Å². The first-order valence-electron chi connectivity index (χ1n) is 8.03. The lowest BCUT2D eigenvalue weighted by Gasteiger charge is -2.42. The van der Waals surface area contributed by atoms with Gasteiger partial charge >= 0.3 is 0 Å². The minimum atomic E-state index is -0.224. The van der Waals surface area contributed by atoms with Gasteiger partial charge in [0.15, 0.2) is 0 Å². The van der Waals surface area contributed by atoms with E-state index in [9.17, 15) is 9.90 Å². The summed E-state index contributed by atoms with van der Waals surface area (Å²) in [4.78, 5) is 22.7. The average Bonchev–Trinajstić information content (AvgIpc) is 2.61. The number of aliphatic hydroxyl groups excluding tert-OH is 1. The SMILES string of the molecule is CNc1ncc(C(=O)N2CCC[C@](CO)(CCCOC)C2)cn1. The van der Waals surface area contributed by atoms with Crippen molar-refractivity contribution in [2.75, 3.05) is 45.8 Å². The van der Waals surface area contributed by atoms with Crippen molar-refractivity contribution in [2.45, 2.75) is 25.7 Å². The molecule has 2 heterocycles. The van der Waals surface area contributed by atoms with Gasteiger partial charge in [0.05, 0.1) is 12.2 Å². The Labute approximate surface area is 137 Å². The van der Waals surface area contributed by atoms with E-state index in [1.807, 2.05) is 4.90 Å². The van der Waals surface area contributed by atoms with E-state index in [0.29, 0.717) is 31.2 Å². The third-order valence-electron chi connectivity index (χ3n) is 4.46. The van der Waals surface area contributed by atoms with Crippen LogP contribution in [0.4, 0.5) is 5.95 Å². The summed E-state index contributed by atoms with van der Waals surface area (Å²) in [5, 5.41) is 12.7. The summed E-state index contributed by atoms with van der Waals surface area (Å²) in [6.07, 6.45) is 6.67. The second-order valence-electron chi connectivity index (χ2n) is 6.13. The number of amides is 1. The predicted molar refractivity (Wildman–Crippen MR) is 87.3 cm³/mol. The van der Waals surface area contributed by atoms with Crippen molar-refractivity contribution in [2.24, 2.45) is 5.41 Å². The zero-order valence-electron chi connectivity index (χ0n) is 13.9. The van der Waals surface area contributed by atoms with Crippen LogP contribution in [0.2, 0.25) is 0 Å². The lowest BCUT2D eigenvalue weighted by Crippen LogP contribution is -2.48. The number of likely N-dealkylation sites (tertiary alicyclic amines) is 1. The fourth-order valence-corrected chi connectivity index (χ4v) is 3.14. The number of aliphatic hydroxyl groups is 1. The molecule has 7 nitrogen and oxygen atoms in total. The highest BCUT2D eigenvalue weighted by Crippen LogP contribution is 2.34. The minimum absolute atomic E-state index is 0.0723. The lowest BCUT2D eigenvalue weighted by molar-refractivity contribution is 0.0180. The monoisotopic (exact) mass is 322 g/mol. The Balaban J connectivity index is 2.04. The molecule has 1 atom stereocenters. The molecular formula is C16H26N4O3. The molecule has 0 aromatic carbocycles. The van der Waals surface area contributed by atoms with Crippen molar-refractivity contribution >= 4 is 11.9 Å². The Hall–Kier alpha value is -1.73. The van der Waals surface area contributed by atoms with E-state index in [1.54, 1.807) is 26.6 Å². The number of nitrogens with one attached hydrogen (secondary N) is 1. The van der Waals surface area contributed by atoms with Crippen LogP contribution in [0.25, 0.3) is 0 Å². The Kier molecular flexibility index (Phi) is 6.29. The van der Waals surface area contributed by atoms with Gasteiger partial charge in [0, 0.05) is 51.7 Å². The van der Waals surface area contributed by atoms with Crippen LogP contribution in [-0.2, 0) is 4.74 Å². The molecule has 0 aliphatic carbocycles. The Morgan fingerprint density at radius 2 is 2.22 bits per heavy atom. The van der Waals surface area contributed by atoms with E-state index in [4.69, 9.17) is 4.74 Å². The molecule has 0 radical (unpaired) electrons. The van der Waals surface area contributed by atoms with Crippen LogP contribution >= 0.6 is 0 Å². The van der Waals surface area contributed by atoms with E-state index < -0.39 is 0 Å². The van der Waals surface area contributed by atoms with E-state index in [0.717, 1.165) is 25.7 Å². The first-order valence-corrected chi connectivity index (χ1v) is 8.03. The molecule has 1 amide bonds. The number of methoxy groups -OCH3 is 1. The maximum atomic E-state index is 12.7. The highest BCUT2D eigenvalue weighted by atomic mass is 16.5. The first kappa shape index (κ1) is 17.6. The molecule has 2 N–H and O–H groups in total. The van der Waals surface area contributed by atoms with Gasteiger partial charge in [0.2, 0.25) is 5.95 Å². The quantitative estimate of drug-likeness (QED) is 0.733. The van der Waals surface area contributed by atoms with Gasteiger partial charge in [-0.3, -0.25) is 4.79 Å². The Bertz CT molecular complexity index is 509. The third-order valence-corrected chi connectivity index (χ3v) is 4.46.